The number of carboxylic acid groups (broad SMARTS) is 1. The van der Waals surface area contributed by atoms with E-state index in [1.165, 1.54) is 4.90 Å². The number of hydrogen-bond acceptors (Lipinski definition) is 5. The Kier molecular flexibility index (Phi) is 6.13. The highest BCUT2D eigenvalue weighted by atomic mass is 16.6. The fourth-order valence-electron chi connectivity index (χ4n) is 2.68. The summed E-state index contributed by atoms with van der Waals surface area (Å²) < 4.78 is 6.97. The molecule has 0 saturated carbocycles. The second-order valence-corrected chi connectivity index (χ2v) is 6.60. The SMILES string of the molecule is CN(C)C(=O)Oc1ccc(C[C@H](Nc2nccn2-c2ccccc2)C(=O)O)cc1. The molecule has 0 aliphatic heterocycles. The third kappa shape index (κ3) is 5.13. The summed E-state index contributed by atoms with van der Waals surface area (Å²) >= 11 is 0. The highest BCUT2D eigenvalue weighted by Gasteiger charge is 2.20. The van der Waals surface area contributed by atoms with Crippen LogP contribution in [-0.2, 0) is 11.2 Å². The molecule has 150 valence electrons. The largest absolute Gasteiger partial charge is 0.480 e. The molecule has 1 amide bonds. The van der Waals surface area contributed by atoms with E-state index in [-0.39, 0.29) is 6.42 Å². The maximum absolute atomic E-state index is 11.8. The number of benzene rings is 2. The van der Waals surface area contributed by atoms with Crippen molar-refractivity contribution < 1.29 is 19.4 Å². The van der Waals surface area contributed by atoms with Crippen molar-refractivity contribution in [1.29, 1.82) is 0 Å². The first kappa shape index (κ1) is 19.9. The van der Waals surface area contributed by atoms with Crippen LogP contribution in [-0.4, -0.2) is 51.8 Å². The van der Waals surface area contributed by atoms with E-state index in [9.17, 15) is 14.7 Å². The van der Waals surface area contributed by atoms with Crippen LogP contribution in [0.1, 0.15) is 5.56 Å². The average Bonchev–Trinajstić information content (AvgIpc) is 3.17. The zero-order valence-electron chi connectivity index (χ0n) is 16.1. The Morgan fingerprint density at radius 3 is 2.45 bits per heavy atom. The van der Waals surface area contributed by atoms with Gasteiger partial charge in [0, 0.05) is 38.6 Å². The van der Waals surface area contributed by atoms with Gasteiger partial charge >= 0.3 is 12.1 Å². The van der Waals surface area contributed by atoms with Crippen molar-refractivity contribution >= 4 is 18.0 Å². The first-order chi connectivity index (χ1) is 13.9. The minimum Gasteiger partial charge on any atom is -0.480 e. The first-order valence-electron chi connectivity index (χ1n) is 9.00. The van der Waals surface area contributed by atoms with E-state index in [0.717, 1.165) is 11.3 Å². The van der Waals surface area contributed by atoms with Gasteiger partial charge in [-0.25, -0.2) is 14.6 Å². The summed E-state index contributed by atoms with van der Waals surface area (Å²) in [5.74, 6) is -0.150. The molecule has 0 aliphatic carbocycles. The van der Waals surface area contributed by atoms with Crippen LogP contribution in [0.3, 0.4) is 0 Å². The number of aromatic nitrogens is 2. The topological polar surface area (TPSA) is 96.7 Å². The highest BCUT2D eigenvalue weighted by molar-refractivity contribution is 5.77. The molecule has 0 saturated heterocycles. The number of hydrogen-bond donors (Lipinski definition) is 2. The van der Waals surface area contributed by atoms with Crippen molar-refractivity contribution in [2.75, 3.05) is 19.4 Å². The van der Waals surface area contributed by atoms with Crippen molar-refractivity contribution in [3.05, 3.63) is 72.6 Å². The maximum atomic E-state index is 11.8. The number of carbonyl (C=O) groups is 2. The van der Waals surface area contributed by atoms with Crippen LogP contribution in [0, 0.1) is 0 Å². The predicted molar refractivity (Wildman–Crippen MR) is 108 cm³/mol. The quantitative estimate of drug-likeness (QED) is 0.639. The third-order valence-electron chi connectivity index (χ3n) is 4.21. The van der Waals surface area contributed by atoms with Gasteiger partial charge in [-0.05, 0) is 29.8 Å². The minimum atomic E-state index is -0.990. The van der Waals surface area contributed by atoms with E-state index in [2.05, 4.69) is 10.3 Å². The number of anilines is 1. The van der Waals surface area contributed by atoms with Gasteiger partial charge in [0.15, 0.2) is 0 Å². The Hall–Kier alpha value is -3.81. The van der Waals surface area contributed by atoms with Gasteiger partial charge in [-0.2, -0.15) is 0 Å². The Labute approximate surface area is 168 Å². The molecule has 2 N–H and O–H groups in total. The summed E-state index contributed by atoms with van der Waals surface area (Å²) in [6.07, 6.45) is 3.14. The molecule has 8 nitrogen and oxygen atoms in total. The lowest BCUT2D eigenvalue weighted by Crippen LogP contribution is -2.32. The molecule has 0 fully saturated rings. The van der Waals surface area contributed by atoms with Gasteiger partial charge in [0.25, 0.3) is 0 Å². The third-order valence-corrected chi connectivity index (χ3v) is 4.21. The van der Waals surface area contributed by atoms with E-state index in [1.807, 2.05) is 30.3 Å². The minimum absolute atomic E-state index is 0.235. The molecule has 2 aromatic carbocycles. The van der Waals surface area contributed by atoms with Crippen molar-refractivity contribution in [3.63, 3.8) is 0 Å². The molecule has 3 rings (SSSR count). The van der Waals surface area contributed by atoms with E-state index in [4.69, 9.17) is 4.74 Å². The summed E-state index contributed by atoms with van der Waals surface area (Å²) in [7, 11) is 3.19. The van der Waals surface area contributed by atoms with E-state index in [1.54, 1.807) is 55.3 Å². The van der Waals surface area contributed by atoms with E-state index >= 15 is 0 Å². The van der Waals surface area contributed by atoms with Crippen molar-refractivity contribution in [3.8, 4) is 11.4 Å². The van der Waals surface area contributed by atoms with Crippen LogP contribution in [0.2, 0.25) is 0 Å². The zero-order chi connectivity index (χ0) is 20.8. The van der Waals surface area contributed by atoms with Crippen LogP contribution in [0.4, 0.5) is 10.7 Å². The summed E-state index contributed by atoms with van der Waals surface area (Å²) in [5.41, 5.74) is 1.66. The molecule has 8 heteroatoms. The van der Waals surface area contributed by atoms with Gasteiger partial charge < -0.3 is 20.1 Å². The Balaban J connectivity index is 1.71. The zero-order valence-corrected chi connectivity index (χ0v) is 16.1. The number of imidazole rings is 1. The lowest BCUT2D eigenvalue weighted by atomic mass is 10.1. The number of carbonyl (C=O) groups excluding carboxylic acids is 1. The molecule has 0 unspecified atom stereocenters. The number of aliphatic carboxylic acids is 1. The summed E-state index contributed by atoms with van der Waals surface area (Å²) in [6.45, 7) is 0. The molecule has 1 aromatic heterocycles. The Bertz CT molecular complexity index is 968. The van der Waals surface area contributed by atoms with Crippen molar-refractivity contribution in [1.82, 2.24) is 14.5 Å². The maximum Gasteiger partial charge on any atom is 0.414 e. The molecule has 29 heavy (non-hydrogen) atoms. The van der Waals surface area contributed by atoms with Gasteiger partial charge in [-0.1, -0.05) is 30.3 Å². The molecular weight excluding hydrogens is 372 g/mol. The van der Waals surface area contributed by atoms with Crippen molar-refractivity contribution in [2.24, 2.45) is 0 Å². The van der Waals surface area contributed by atoms with Crippen LogP contribution in [0.25, 0.3) is 5.69 Å². The van der Waals surface area contributed by atoms with Crippen LogP contribution in [0.15, 0.2) is 67.0 Å². The summed E-state index contributed by atoms with van der Waals surface area (Å²) in [4.78, 5) is 29.0. The number of amides is 1. The smallest absolute Gasteiger partial charge is 0.414 e. The average molecular weight is 394 g/mol. The number of nitrogens with zero attached hydrogens (tertiary/aromatic N) is 3. The number of rotatable bonds is 7. The molecule has 0 spiro atoms. The van der Waals surface area contributed by atoms with Gasteiger partial charge in [-0.3, -0.25) is 4.57 Å². The standard InChI is InChI=1S/C21H22N4O4/c1-24(2)21(28)29-17-10-8-15(9-11-17)14-18(19(26)27)23-20-22-12-13-25(20)16-6-4-3-5-7-16/h3-13,18H,14H2,1-2H3,(H,22,23)(H,26,27)/t18-/m0/s1. The number of carboxylic acids is 1. The van der Waals surface area contributed by atoms with Crippen molar-refractivity contribution in [2.45, 2.75) is 12.5 Å². The van der Waals surface area contributed by atoms with Crippen LogP contribution >= 0.6 is 0 Å². The van der Waals surface area contributed by atoms with Crippen LogP contribution in [0.5, 0.6) is 5.75 Å². The number of nitrogens with one attached hydrogen (secondary N) is 1. The molecule has 1 heterocycles. The molecule has 1 atom stereocenters. The lowest BCUT2D eigenvalue weighted by Gasteiger charge is -2.17. The summed E-state index contributed by atoms with van der Waals surface area (Å²) in [5, 5.41) is 12.7. The van der Waals surface area contributed by atoms with Gasteiger partial charge in [-0.15, -0.1) is 0 Å². The summed E-state index contributed by atoms with van der Waals surface area (Å²) in [6, 6.07) is 15.4. The second-order valence-electron chi connectivity index (χ2n) is 6.60. The predicted octanol–water partition coefficient (Wildman–Crippen LogP) is 3.04. The van der Waals surface area contributed by atoms with E-state index in [0.29, 0.717) is 11.7 Å². The number of para-hydroxylation sites is 1. The van der Waals surface area contributed by atoms with Crippen LogP contribution < -0.4 is 10.1 Å². The van der Waals surface area contributed by atoms with Gasteiger partial charge in [0.1, 0.15) is 11.8 Å². The Morgan fingerprint density at radius 2 is 1.83 bits per heavy atom. The molecule has 0 aliphatic rings. The van der Waals surface area contributed by atoms with Gasteiger partial charge in [0.2, 0.25) is 5.95 Å². The fraction of sp³-hybridized carbons (Fsp3) is 0.190. The van der Waals surface area contributed by atoms with E-state index < -0.39 is 18.1 Å². The Morgan fingerprint density at radius 1 is 1.14 bits per heavy atom. The lowest BCUT2D eigenvalue weighted by molar-refractivity contribution is -0.137. The monoisotopic (exact) mass is 394 g/mol. The first-order valence-corrected chi connectivity index (χ1v) is 9.00. The number of ether oxygens (including phenoxy) is 1. The molecular formula is C21H22N4O4. The normalized spacial score (nSPS) is 11.5. The molecule has 0 bridgehead atoms. The highest BCUT2D eigenvalue weighted by Crippen LogP contribution is 2.18. The van der Waals surface area contributed by atoms with Gasteiger partial charge in [0.05, 0.1) is 0 Å². The molecule has 0 radical (unpaired) electrons. The molecule has 3 aromatic rings. The second kappa shape index (κ2) is 8.92. The fourth-order valence-corrected chi connectivity index (χ4v) is 2.68.